The van der Waals surface area contributed by atoms with Crippen molar-refractivity contribution in [1.29, 1.82) is 0 Å². The highest BCUT2D eigenvalue weighted by atomic mass is 16.3. The Balaban J connectivity index is 1.30. The van der Waals surface area contributed by atoms with E-state index in [2.05, 4.69) is 11.8 Å². The van der Waals surface area contributed by atoms with E-state index in [9.17, 15) is 14.7 Å². The van der Waals surface area contributed by atoms with Crippen molar-refractivity contribution in [3.05, 3.63) is 70.3 Å². The second kappa shape index (κ2) is 7.82. The van der Waals surface area contributed by atoms with Crippen LogP contribution in [-0.4, -0.2) is 40.4 Å². The molecule has 2 aromatic rings. The first kappa shape index (κ1) is 22.9. The highest BCUT2D eigenvalue weighted by molar-refractivity contribution is 5.95. The standard InChI is InChI=1S/C30H33NO3/c1-5-9-22-12-20(2)25(21(3)13-22)26-24(32)14-29(15-28(26,4)34)16-30(17-29)18-31(19-30)27(33)23-10-7-6-8-11-23/h6-8,10-13,26,34H,14-19H2,1-4H3. The Morgan fingerprint density at radius 2 is 1.65 bits per heavy atom. The molecular weight excluding hydrogens is 422 g/mol. The molecule has 2 aliphatic carbocycles. The van der Waals surface area contributed by atoms with Crippen LogP contribution >= 0.6 is 0 Å². The maximum atomic E-state index is 13.6. The predicted octanol–water partition coefficient (Wildman–Crippen LogP) is 4.79. The van der Waals surface area contributed by atoms with Gasteiger partial charge in [0.25, 0.3) is 5.91 Å². The summed E-state index contributed by atoms with van der Waals surface area (Å²) in [6.07, 6.45) is 2.96. The largest absolute Gasteiger partial charge is 0.389 e. The van der Waals surface area contributed by atoms with E-state index in [0.717, 1.165) is 53.7 Å². The number of carbonyl (C=O) groups is 2. The van der Waals surface area contributed by atoms with Gasteiger partial charge in [-0.2, -0.15) is 0 Å². The summed E-state index contributed by atoms with van der Waals surface area (Å²) < 4.78 is 0. The third-order valence-electron chi connectivity index (χ3n) is 8.24. The smallest absolute Gasteiger partial charge is 0.253 e. The topological polar surface area (TPSA) is 57.6 Å². The molecule has 1 saturated heterocycles. The number of hydrogen-bond donors (Lipinski definition) is 1. The number of rotatable bonds is 2. The first-order valence-electron chi connectivity index (χ1n) is 12.2. The van der Waals surface area contributed by atoms with Gasteiger partial charge in [0.2, 0.25) is 0 Å². The summed E-state index contributed by atoms with van der Waals surface area (Å²) in [6.45, 7) is 9.19. The fourth-order valence-electron chi connectivity index (χ4n) is 7.54. The third kappa shape index (κ3) is 3.67. The van der Waals surface area contributed by atoms with Gasteiger partial charge in [0, 0.05) is 36.1 Å². The zero-order chi connectivity index (χ0) is 24.3. The van der Waals surface area contributed by atoms with Gasteiger partial charge in [-0.15, -0.1) is 5.92 Å². The maximum absolute atomic E-state index is 13.6. The lowest BCUT2D eigenvalue weighted by atomic mass is 9.43. The number of aliphatic hydroxyl groups is 1. The number of Topliss-reactive ketones (excluding diaryl/α,β-unsaturated/α-hetero) is 1. The van der Waals surface area contributed by atoms with Gasteiger partial charge < -0.3 is 10.0 Å². The highest BCUT2D eigenvalue weighted by Crippen LogP contribution is 2.66. The Labute approximate surface area is 202 Å². The Bertz CT molecular complexity index is 1190. The minimum atomic E-state index is -1.09. The SMILES string of the molecule is CC#Cc1cc(C)c(C2C(=O)CC3(CC4(CN(C(=O)c5ccccc5)C4)C3)CC2(C)O)c(C)c1. The fourth-order valence-corrected chi connectivity index (χ4v) is 7.54. The second-order valence-corrected chi connectivity index (χ2v) is 11.4. The zero-order valence-corrected chi connectivity index (χ0v) is 20.6. The van der Waals surface area contributed by atoms with Crippen LogP contribution in [0.5, 0.6) is 0 Å². The lowest BCUT2D eigenvalue weighted by Crippen LogP contribution is -2.69. The number of ketones is 1. The van der Waals surface area contributed by atoms with Gasteiger partial charge in [-0.3, -0.25) is 9.59 Å². The number of carbonyl (C=O) groups excluding carboxylic acids is 2. The molecule has 2 aromatic carbocycles. The summed E-state index contributed by atoms with van der Waals surface area (Å²) in [7, 11) is 0. The molecule has 0 bridgehead atoms. The van der Waals surface area contributed by atoms with E-state index >= 15 is 0 Å². The molecule has 0 radical (unpaired) electrons. The summed E-state index contributed by atoms with van der Waals surface area (Å²) in [4.78, 5) is 28.2. The van der Waals surface area contributed by atoms with E-state index in [1.807, 2.05) is 75.1 Å². The van der Waals surface area contributed by atoms with Gasteiger partial charge in [-0.05, 0) is 93.3 Å². The molecule has 1 N–H and O–H groups in total. The average Bonchev–Trinajstić information content (AvgIpc) is 2.71. The lowest BCUT2D eigenvalue weighted by molar-refractivity contribution is -0.182. The quantitative estimate of drug-likeness (QED) is 0.662. The normalized spacial score (nSPS) is 26.4. The van der Waals surface area contributed by atoms with Crippen molar-refractivity contribution >= 4 is 11.7 Å². The predicted molar refractivity (Wildman–Crippen MR) is 133 cm³/mol. The lowest BCUT2D eigenvalue weighted by Gasteiger charge is -2.67. The minimum absolute atomic E-state index is 0.0844. The molecule has 0 aromatic heterocycles. The maximum Gasteiger partial charge on any atom is 0.253 e. The van der Waals surface area contributed by atoms with Crippen LogP contribution in [0.3, 0.4) is 0 Å². The van der Waals surface area contributed by atoms with Gasteiger partial charge in [-0.1, -0.05) is 24.1 Å². The number of likely N-dealkylation sites (tertiary alicyclic amines) is 1. The summed E-state index contributed by atoms with van der Waals surface area (Å²) in [6, 6.07) is 13.5. The van der Waals surface area contributed by atoms with Crippen LogP contribution in [0, 0.1) is 36.5 Å². The third-order valence-corrected chi connectivity index (χ3v) is 8.24. The molecule has 2 spiro atoms. The highest BCUT2D eigenvalue weighted by Gasteiger charge is 2.65. The fraction of sp³-hybridized carbons (Fsp3) is 0.467. The monoisotopic (exact) mass is 455 g/mol. The van der Waals surface area contributed by atoms with Crippen LogP contribution < -0.4 is 0 Å². The van der Waals surface area contributed by atoms with Crippen LogP contribution in [0.2, 0.25) is 0 Å². The summed E-state index contributed by atoms with van der Waals surface area (Å²) in [5, 5.41) is 11.6. The number of amides is 1. The van der Waals surface area contributed by atoms with Crippen LogP contribution in [0.4, 0.5) is 0 Å². The molecular formula is C30H33NO3. The van der Waals surface area contributed by atoms with Crippen LogP contribution in [0.15, 0.2) is 42.5 Å². The molecule has 1 aliphatic heterocycles. The van der Waals surface area contributed by atoms with Gasteiger partial charge in [-0.25, -0.2) is 0 Å². The Kier molecular flexibility index (Phi) is 5.26. The Morgan fingerprint density at radius 1 is 1.03 bits per heavy atom. The second-order valence-electron chi connectivity index (χ2n) is 11.4. The molecule has 1 amide bonds. The van der Waals surface area contributed by atoms with Crippen LogP contribution in [-0.2, 0) is 4.79 Å². The molecule has 5 rings (SSSR count). The van der Waals surface area contributed by atoms with Gasteiger partial charge in [0.1, 0.15) is 5.78 Å². The molecule has 4 heteroatoms. The molecule has 3 fully saturated rings. The number of hydrogen-bond acceptors (Lipinski definition) is 3. The average molecular weight is 456 g/mol. The van der Waals surface area contributed by atoms with Crippen molar-refractivity contribution in [3.8, 4) is 11.8 Å². The minimum Gasteiger partial charge on any atom is -0.389 e. The van der Waals surface area contributed by atoms with Crippen LogP contribution in [0.25, 0.3) is 0 Å². The molecule has 2 atom stereocenters. The van der Waals surface area contributed by atoms with Gasteiger partial charge in [0.05, 0.1) is 11.5 Å². The molecule has 3 aliphatic rings. The van der Waals surface area contributed by atoms with Crippen molar-refractivity contribution in [2.75, 3.05) is 13.1 Å². The van der Waals surface area contributed by atoms with Crippen molar-refractivity contribution in [1.82, 2.24) is 4.90 Å². The number of aryl methyl sites for hydroxylation is 2. The van der Waals surface area contributed by atoms with Crippen molar-refractivity contribution in [2.24, 2.45) is 10.8 Å². The number of nitrogens with zero attached hydrogens (tertiary/aromatic N) is 1. The van der Waals surface area contributed by atoms with Crippen molar-refractivity contribution < 1.29 is 14.7 Å². The summed E-state index contributed by atoms with van der Waals surface area (Å²) in [5.74, 6) is 5.76. The Morgan fingerprint density at radius 3 is 2.21 bits per heavy atom. The Hall–Kier alpha value is -2.90. The summed E-state index contributed by atoms with van der Waals surface area (Å²) >= 11 is 0. The van der Waals surface area contributed by atoms with E-state index in [-0.39, 0.29) is 22.5 Å². The first-order valence-corrected chi connectivity index (χ1v) is 12.2. The molecule has 4 nitrogen and oxygen atoms in total. The van der Waals surface area contributed by atoms with E-state index in [1.165, 1.54) is 0 Å². The summed E-state index contributed by atoms with van der Waals surface area (Å²) in [5.41, 5.74) is 3.55. The molecule has 1 heterocycles. The van der Waals surface area contributed by atoms with Gasteiger partial charge >= 0.3 is 0 Å². The van der Waals surface area contributed by atoms with Crippen molar-refractivity contribution in [2.45, 2.75) is 64.9 Å². The van der Waals surface area contributed by atoms with E-state index in [0.29, 0.717) is 12.8 Å². The van der Waals surface area contributed by atoms with Crippen molar-refractivity contribution in [3.63, 3.8) is 0 Å². The molecule has 176 valence electrons. The van der Waals surface area contributed by atoms with E-state index in [4.69, 9.17) is 0 Å². The van der Waals surface area contributed by atoms with E-state index in [1.54, 1.807) is 0 Å². The first-order chi connectivity index (χ1) is 16.1. The van der Waals surface area contributed by atoms with Crippen LogP contribution in [0.1, 0.15) is 78.1 Å². The molecule has 2 saturated carbocycles. The molecule has 2 unspecified atom stereocenters. The van der Waals surface area contributed by atoms with Gasteiger partial charge in [0.15, 0.2) is 0 Å². The van der Waals surface area contributed by atoms with E-state index < -0.39 is 11.5 Å². The zero-order valence-electron chi connectivity index (χ0n) is 20.6. The number of benzene rings is 2. The molecule has 34 heavy (non-hydrogen) atoms.